The van der Waals surface area contributed by atoms with Crippen LogP contribution >= 0.6 is 22.6 Å². The fourth-order valence-electron chi connectivity index (χ4n) is 1.85. The molecule has 0 saturated carbocycles. The van der Waals surface area contributed by atoms with E-state index in [0.717, 1.165) is 16.9 Å². The maximum absolute atomic E-state index is 9.92. The van der Waals surface area contributed by atoms with Gasteiger partial charge >= 0.3 is 0 Å². The Kier molecular flexibility index (Phi) is 6.22. The summed E-state index contributed by atoms with van der Waals surface area (Å²) in [5, 5.41) is 13.0. The van der Waals surface area contributed by atoms with Crippen molar-refractivity contribution in [3.63, 3.8) is 0 Å². The van der Waals surface area contributed by atoms with E-state index in [1.807, 2.05) is 54.6 Å². The van der Waals surface area contributed by atoms with Crippen LogP contribution in [0.5, 0.6) is 5.75 Å². The molecule has 0 aromatic heterocycles. The van der Waals surface area contributed by atoms with Crippen LogP contribution in [-0.2, 0) is 6.54 Å². The zero-order valence-electron chi connectivity index (χ0n) is 11.8. The van der Waals surface area contributed by atoms with Crippen molar-refractivity contribution in [1.82, 2.24) is 5.32 Å². The fourth-order valence-corrected chi connectivity index (χ4v) is 2.21. The highest BCUT2D eigenvalue weighted by Gasteiger charge is 2.00. The maximum atomic E-state index is 9.92. The van der Waals surface area contributed by atoms with Crippen molar-refractivity contribution in [2.45, 2.75) is 12.8 Å². The van der Waals surface area contributed by atoms with Gasteiger partial charge in [0.1, 0.15) is 12.0 Å². The van der Waals surface area contributed by atoms with Gasteiger partial charge in [-0.2, -0.15) is 0 Å². The molecule has 1 unspecified atom stereocenters. The highest BCUT2D eigenvalue weighted by Crippen LogP contribution is 2.12. The average molecular weight is 395 g/mol. The lowest BCUT2D eigenvalue weighted by Crippen LogP contribution is -2.25. The first-order valence-corrected chi connectivity index (χ1v) is 7.73. The number of nitrogens with one attached hydrogen (secondary N) is 1. The summed E-state index contributed by atoms with van der Waals surface area (Å²) in [5.74, 6) is 0.818. The van der Waals surface area contributed by atoms with Crippen LogP contribution in [0.1, 0.15) is 11.1 Å². The zero-order valence-corrected chi connectivity index (χ0v) is 13.9. The first-order valence-electron chi connectivity index (χ1n) is 6.65. The van der Waals surface area contributed by atoms with Crippen molar-refractivity contribution in [3.8, 4) is 5.75 Å². The van der Waals surface area contributed by atoms with Crippen LogP contribution in [0.25, 0.3) is 6.08 Å². The molecule has 2 N–H and O–H groups in total. The summed E-state index contributed by atoms with van der Waals surface area (Å²) in [6.07, 6.45) is 2.96. The molecule has 0 amide bonds. The normalized spacial score (nSPS) is 12.5. The van der Waals surface area contributed by atoms with E-state index in [-0.39, 0.29) is 0 Å². The number of ether oxygens (including phenoxy) is 1. The summed E-state index contributed by atoms with van der Waals surface area (Å²) in [7, 11) is 1.64. The molecule has 2 aromatic rings. The third kappa shape index (κ3) is 5.49. The Morgan fingerprint density at radius 2 is 2.00 bits per heavy atom. The summed E-state index contributed by atoms with van der Waals surface area (Å²) in [4.78, 5) is 0. The molecule has 2 aromatic carbocycles. The van der Waals surface area contributed by atoms with Crippen LogP contribution in [0.4, 0.5) is 0 Å². The second-order valence-electron chi connectivity index (χ2n) is 4.59. The second-order valence-corrected chi connectivity index (χ2v) is 5.83. The lowest BCUT2D eigenvalue weighted by atomic mass is 10.2. The van der Waals surface area contributed by atoms with Crippen LogP contribution in [-0.4, -0.2) is 18.4 Å². The molecule has 0 spiro atoms. The van der Waals surface area contributed by atoms with Crippen molar-refractivity contribution >= 4 is 28.7 Å². The number of hydrogen-bond acceptors (Lipinski definition) is 3. The summed E-state index contributed by atoms with van der Waals surface area (Å²) in [5.41, 5.74) is 2.13. The highest BCUT2D eigenvalue weighted by molar-refractivity contribution is 14.1. The van der Waals surface area contributed by atoms with Gasteiger partial charge in [0.05, 0.1) is 7.11 Å². The Bertz CT molecular complexity index is 596. The first-order chi connectivity index (χ1) is 10.2. The van der Waals surface area contributed by atoms with Crippen molar-refractivity contribution in [3.05, 3.63) is 69.3 Å². The van der Waals surface area contributed by atoms with Gasteiger partial charge in [-0.15, -0.1) is 0 Å². The molecule has 2 rings (SSSR count). The van der Waals surface area contributed by atoms with E-state index in [9.17, 15) is 5.11 Å². The SMILES string of the molecule is COc1cccc(CNC(O)/C=C/c2ccc(I)cc2)c1. The molecule has 0 heterocycles. The number of halogens is 1. The number of aliphatic hydroxyl groups excluding tert-OH is 1. The van der Waals surface area contributed by atoms with Gasteiger partial charge in [0.15, 0.2) is 0 Å². The van der Waals surface area contributed by atoms with Crippen molar-refractivity contribution in [2.75, 3.05) is 7.11 Å². The molecule has 0 aliphatic rings. The first kappa shape index (κ1) is 16.0. The summed E-state index contributed by atoms with van der Waals surface area (Å²) in [6.45, 7) is 0.579. The van der Waals surface area contributed by atoms with E-state index in [4.69, 9.17) is 4.74 Å². The standard InChI is InChI=1S/C17H18INO2/c1-21-16-4-2-3-14(11-16)12-19-17(20)10-7-13-5-8-15(18)9-6-13/h2-11,17,19-20H,12H2,1H3/b10-7+. The molecule has 0 radical (unpaired) electrons. The van der Waals surface area contributed by atoms with E-state index in [2.05, 4.69) is 27.9 Å². The van der Waals surface area contributed by atoms with Gasteiger partial charge in [-0.1, -0.05) is 30.3 Å². The number of methoxy groups -OCH3 is 1. The molecule has 0 saturated heterocycles. The van der Waals surface area contributed by atoms with Crippen LogP contribution in [0.2, 0.25) is 0 Å². The van der Waals surface area contributed by atoms with Crippen molar-refractivity contribution in [2.24, 2.45) is 0 Å². The molecule has 110 valence electrons. The highest BCUT2D eigenvalue weighted by atomic mass is 127. The van der Waals surface area contributed by atoms with Gasteiger partial charge in [0.2, 0.25) is 0 Å². The fraction of sp³-hybridized carbons (Fsp3) is 0.176. The van der Waals surface area contributed by atoms with Crippen LogP contribution in [0.15, 0.2) is 54.6 Å². The van der Waals surface area contributed by atoms with E-state index >= 15 is 0 Å². The van der Waals surface area contributed by atoms with Gasteiger partial charge in [-0.05, 0) is 64.1 Å². The van der Waals surface area contributed by atoms with Gasteiger partial charge in [-0.25, -0.2) is 0 Å². The van der Waals surface area contributed by atoms with Crippen molar-refractivity contribution < 1.29 is 9.84 Å². The molecule has 0 aliphatic heterocycles. The molecule has 3 nitrogen and oxygen atoms in total. The molecule has 0 bridgehead atoms. The molecular formula is C17H18INO2. The predicted molar refractivity (Wildman–Crippen MR) is 94.0 cm³/mol. The van der Waals surface area contributed by atoms with Gasteiger partial charge in [-0.3, -0.25) is 5.32 Å². The number of hydrogen-bond donors (Lipinski definition) is 2. The third-order valence-corrected chi connectivity index (χ3v) is 3.71. The number of rotatable bonds is 6. The molecule has 0 aliphatic carbocycles. The summed E-state index contributed by atoms with van der Waals surface area (Å²) >= 11 is 2.27. The molecule has 1 atom stereocenters. The molecule has 21 heavy (non-hydrogen) atoms. The number of aliphatic hydroxyl groups is 1. The minimum absolute atomic E-state index is 0.579. The smallest absolute Gasteiger partial charge is 0.124 e. The van der Waals surface area contributed by atoms with Crippen LogP contribution in [0, 0.1) is 3.57 Å². The van der Waals surface area contributed by atoms with E-state index in [1.54, 1.807) is 13.2 Å². The lowest BCUT2D eigenvalue weighted by Gasteiger charge is -2.09. The molecule has 0 fully saturated rings. The largest absolute Gasteiger partial charge is 0.497 e. The van der Waals surface area contributed by atoms with Gasteiger partial charge in [0.25, 0.3) is 0 Å². The van der Waals surface area contributed by atoms with Crippen LogP contribution in [0.3, 0.4) is 0 Å². The Morgan fingerprint density at radius 1 is 1.24 bits per heavy atom. The van der Waals surface area contributed by atoms with Gasteiger partial charge in [0, 0.05) is 10.1 Å². The minimum Gasteiger partial charge on any atom is -0.497 e. The molecular weight excluding hydrogens is 377 g/mol. The monoisotopic (exact) mass is 395 g/mol. The van der Waals surface area contributed by atoms with Crippen LogP contribution < -0.4 is 10.1 Å². The average Bonchev–Trinajstić information content (AvgIpc) is 2.52. The van der Waals surface area contributed by atoms with Crippen molar-refractivity contribution in [1.29, 1.82) is 0 Å². The van der Waals surface area contributed by atoms with Gasteiger partial charge < -0.3 is 9.84 Å². The summed E-state index contributed by atoms with van der Waals surface area (Å²) in [6, 6.07) is 15.9. The Hall–Kier alpha value is -1.37. The van der Waals surface area contributed by atoms with E-state index in [1.165, 1.54) is 3.57 Å². The zero-order chi connectivity index (χ0) is 15.1. The predicted octanol–water partition coefficient (Wildman–Crippen LogP) is 3.42. The lowest BCUT2D eigenvalue weighted by molar-refractivity contribution is 0.183. The maximum Gasteiger partial charge on any atom is 0.124 e. The minimum atomic E-state index is -0.685. The molecule has 4 heteroatoms. The summed E-state index contributed by atoms with van der Waals surface area (Å²) < 4.78 is 6.37. The number of benzene rings is 2. The topological polar surface area (TPSA) is 41.5 Å². The Morgan fingerprint density at radius 3 is 2.71 bits per heavy atom. The Balaban J connectivity index is 1.86. The second kappa shape index (κ2) is 8.17. The van der Waals surface area contributed by atoms with E-state index < -0.39 is 6.23 Å². The Labute approximate surface area is 138 Å². The third-order valence-electron chi connectivity index (χ3n) is 2.99. The quantitative estimate of drug-likeness (QED) is 0.582. The van der Waals surface area contributed by atoms with E-state index in [0.29, 0.717) is 6.54 Å².